The van der Waals surface area contributed by atoms with E-state index in [0.717, 1.165) is 6.42 Å². The van der Waals surface area contributed by atoms with Crippen LogP contribution in [0.3, 0.4) is 0 Å². The second-order valence-corrected chi connectivity index (χ2v) is 12.7. The zero-order valence-electron chi connectivity index (χ0n) is 24.3. The van der Waals surface area contributed by atoms with Gasteiger partial charge in [-0.15, -0.1) is 0 Å². The van der Waals surface area contributed by atoms with Gasteiger partial charge in [0.15, 0.2) is 0 Å². The number of ether oxygens (including phenoxy) is 5. The summed E-state index contributed by atoms with van der Waals surface area (Å²) in [6, 6.07) is 7.23. The number of carbonyl (C=O) groups excluding carboxylic acids is 2. The summed E-state index contributed by atoms with van der Waals surface area (Å²) in [4.78, 5) is 24.1. The van der Waals surface area contributed by atoms with Gasteiger partial charge in [-0.1, -0.05) is 67.5 Å². The molecule has 0 aliphatic heterocycles. The molecule has 0 spiro atoms. The third kappa shape index (κ3) is 21.0. The summed E-state index contributed by atoms with van der Waals surface area (Å²) in [5.74, 6) is 0.307. The molecule has 0 radical (unpaired) electrons. The van der Waals surface area contributed by atoms with E-state index >= 15 is 0 Å². The van der Waals surface area contributed by atoms with E-state index < -0.39 is 0 Å². The minimum Gasteiger partial charge on any atom is -0.490 e. The lowest BCUT2D eigenvalue weighted by atomic mass is 10.3. The minimum absolute atomic E-state index is 0.0117. The minimum atomic E-state index is -0.259. The summed E-state index contributed by atoms with van der Waals surface area (Å²) < 4.78 is 28.1. The lowest BCUT2D eigenvalue weighted by Crippen LogP contribution is -2.28. The van der Waals surface area contributed by atoms with Crippen molar-refractivity contribution in [3.05, 3.63) is 36.4 Å². The molecule has 0 aliphatic carbocycles. The molecule has 0 saturated heterocycles. The number of hydrogen-bond acceptors (Lipinski definition) is 10. The maximum absolute atomic E-state index is 12.3. The van der Waals surface area contributed by atoms with Crippen molar-refractivity contribution in [2.75, 3.05) is 71.3 Å². The van der Waals surface area contributed by atoms with Crippen molar-refractivity contribution in [2.24, 2.45) is 5.73 Å². The largest absolute Gasteiger partial charge is 0.490 e. The van der Waals surface area contributed by atoms with Crippen molar-refractivity contribution in [3.63, 3.8) is 0 Å². The van der Waals surface area contributed by atoms with Crippen LogP contribution in [0.1, 0.15) is 40.5 Å². The van der Waals surface area contributed by atoms with Crippen LogP contribution in [-0.2, 0) is 28.5 Å². The fraction of sp³-hybridized carbons (Fsp3) is 0.643. The van der Waals surface area contributed by atoms with E-state index in [4.69, 9.17) is 29.4 Å². The molecule has 40 heavy (non-hydrogen) atoms. The molecular formula is C28H47N3O7S2. The molecule has 10 nitrogen and oxygen atoms in total. The predicted molar refractivity (Wildman–Crippen MR) is 164 cm³/mol. The van der Waals surface area contributed by atoms with Crippen LogP contribution in [-0.4, -0.2) is 87.9 Å². The van der Waals surface area contributed by atoms with Crippen molar-refractivity contribution in [1.82, 2.24) is 5.32 Å². The Morgan fingerprint density at radius 2 is 1.75 bits per heavy atom. The lowest BCUT2D eigenvalue weighted by Gasteiger charge is -2.22. The number of rotatable bonds is 23. The summed E-state index contributed by atoms with van der Waals surface area (Å²) in [5.41, 5.74) is 5.74. The number of benzene rings is 1. The summed E-state index contributed by atoms with van der Waals surface area (Å²) in [6.07, 6.45) is 5.08. The summed E-state index contributed by atoms with van der Waals surface area (Å²) >= 11 is 0. The Morgan fingerprint density at radius 3 is 2.48 bits per heavy atom. The quantitative estimate of drug-likeness (QED) is 0.0732. The van der Waals surface area contributed by atoms with Crippen LogP contribution < -0.4 is 21.1 Å². The molecule has 1 aromatic carbocycles. The van der Waals surface area contributed by atoms with Crippen LogP contribution >= 0.6 is 21.6 Å². The first-order valence-corrected chi connectivity index (χ1v) is 15.8. The van der Waals surface area contributed by atoms with Crippen molar-refractivity contribution >= 4 is 39.1 Å². The third-order valence-electron chi connectivity index (χ3n) is 4.60. The van der Waals surface area contributed by atoms with Gasteiger partial charge in [-0.05, 0) is 18.6 Å². The fourth-order valence-electron chi connectivity index (χ4n) is 2.80. The molecule has 4 N–H and O–H groups in total. The molecule has 1 atom stereocenters. The van der Waals surface area contributed by atoms with E-state index in [2.05, 4.69) is 31.4 Å². The van der Waals surface area contributed by atoms with Gasteiger partial charge in [0.05, 0.1) is 46.1 Å². The van der Waals surface area contributed by atoms with E-state index in [9.17, 15) is 9.59 Å². The van der Waals surface area contributed by atoms with Crippen molar-refractivity contribution < 1.29 is 33.3 Å². The van der Waals surface area contributed by atoms with Gasteiger partial charge in [-0.25, -0.2) is 0 Å². The average Bonchev–Trinajstić information content (AvgIpc) is 2.91. The van der Waals surface area contributed by atoms with Crippen LogP contribution in [0.15, 0.2) is 36.4 Å². The van der Waals surface area contributed by atoms with E-state index in [1.807, 2.05) is 31.2 Å². The molecule has 12 heteroatoms. The average molecular weight is 602 g/mol. The highest BCUT2D eigenvalue weighted by Gasteiger charge is 2.18. The van der Waals surface area contributed by atoms with Crippen LogP contribution in [0.4, 0.5) is 5.69 Å². The smallest absolute Gasteiger partial charge is 0.246 e. The van der Waals surface area contributed by atoms with Gasteiger partial charge < -0.3 is 40.1 Å². The topological polar surface area (TPSA) is 130 Å². The molecular weight excluding hydrogens is 554 g/mol. The Kier molecular flexibility index (Phi) is 20.7. The van der Waals surface area contributed by atoms with E-state index in [-0.39, 0.29) is 35.0 Å². The molecule has 1 aromatic rings. The maximum atomic E-state index is 12.3. The Balaban J connectivity index is 2.43. The number of amides is 2. The molecule has 0 heterocycles. The van der Waals surface area contributed by atoms with E-state index in [1.54, 1.807) is 33.7 Å². The van der Waals surface area contributed by atoms with Crippen molar-refractivity contribution in [2.45, 2.75) is 50.7 Å². The van der Waals surface area contributed by atoms with Crippen LogP contribution in [0.2, 0.25) is 0 Å². The molecule has 1 rings (SSSR count). The molecule has 0 saturated carbocycles. The Hall–Kier alpha value is -1.80. The molecule has 0 aliphatic rings. The molecule has 0 aromatic heterocycles. The Morgan fingerprint density at radius 1 is 1.00 bits per heavy atom. The standard InChI is InChI=1S/C28H47N3O7S2/c1-5-6-7-13-30-26(33)21-36-18-19-37-27(39-40-28(2,3)4)22-38-24-10-8-9-23(20-24)31-25(32)11-14-34-16-17-35-15-12-29/h6-10,20,27H,5,11-19,21-22,29H2,1-4H3,(H,30,33)(H,31,32)/b7-6+. The number of carbonyl (C=O) groups is 2. The summed E-state index contributed by atoms with van der Waals surface area (Å²) in [7, 11) is 3.29. The summed E-state index contributed by atoms with van der Waals surface area (Å²) in [6.45, 7) is 12.0. The fourth-order valence-corrected chi connectivity index (χ4v) is 4.99. The number of nitrogens with two attached hydrogens (primary N) is 1. The second kappa shape index (κ2) is 22.8. The van der Waals surface area contributed by atoms with Crippen LogP contribution in [0.5, 0.6) is 5.75 Å². The first-order chi connectivity index (χ1) is 19.2. The second-order valence-electron chi connectivity index (χ2n) is 9.48. The predicted octanol–water partition coefficient (Wildman–Crippen LogP) is 4.01. The number of hydrogen-bond donors (Lipinski definition) is 3. The molecule has 1 unspecified atom stereocenters. The first-order valence-electron chi connectivity index (χ1n) is 13.6. The number of anilines is 1. The highest BCUT2D eigenvalue weighted by atomic mass is 33.1. The van der Waals surface area contributed by atoms with E-state index in [1.165, 1.54) is 0 Å². The first kappa shape index (κ1) is 36.2. The molecule has 2 amide bonds. The maximum Gasteiger partial charge on any atom is 0.246 e. The monoisotopic (exact) mass is 601 g/mol. The van der Waals surface area contributed by atoms with Gasteiger partial charge in [-0.3, -0.25) is 9.59 Å². The summed E-state index contributed by atoms with van der Waals surface area (Å²) in [5, 5.41) is 5.63. The highest BCUT2D eigenvalue weighted by molar-refractivity contribution is 8.77. The van der Waals surface area contributed by atoms with Gasteiger partial charge in [0.1, 0.15) is 24.4 Å². The van der Waals surface area contributed by atoms with Gasteiger partial charge in [-0.2, -0.15) is 0 Å². The Labute approximate surface area is 247 Å². The third-order valence-corrected chi connectivity index (χ3v) is 8.12. The normalized spacial score (nSPS) is 12.4. The highest BCUT2D eigenvalue weighted by Crippen LogP contribution is 2.38. The Bertz CT molecular complexity index is 853. The van der Waals surface area contributed by atoms with Crippen molar-refractivity contribution in [1.29, 1.82) is 0 Å². The number of nitrogens with one attached hydrogen (secondary N) is 2. The van der Waals surface area contributed by atoms with Crippen molar-refractivity contribution in [3.8, 4) is 5.75 Å². The van der Waals surface area contributed by atoms with E-state index in [0.29, 0.717) is 70.8 Å². The zero-order chi connectivity index (χ0) is 29.5. The van der Waals surface area contributed by atoms with Gasteiger partial charge in [0.25, 0.3) is 0 Å². The SMILES string of the molecule is CC/C=C/CNC(=O)COCCOC(COc1cccc(NC(=O)CCOCCOCCN)c1)SSC(C)(C)C. The van der Waals surface area contributed by atoms with Crippen LogP contribution in [0.25, 0.3) is 0 Å². The number of allylic oxidation sites excluding steroid dienone is 1. The zero-order valence-corrected chi connectivity index (χ0v) is 25.9. The van der Waals surface area contributed by atoms with Gasteiger partial charge in [0, 0.05) is 29.6 Å². The molecule has 228 valence electrons. The lowest BCUT2D eigenvalue weighted by molar-refractivity contribution is -0.126. The molecule has 0 fully saturated rings. The molecule has 0 bridgehead atoms. The van der Waals surface area contributed by atoms with Gasteiger partial charge >= 0.3 is 0 Å². The van der Waals surface area contributed by atoms with Crippen LogP contribution in [0, 0.1) is 0 Å². The van der Waals surface area contributed by atoms with Gasteiger partial charge in [0.2, 0.25) is 11.8 Å².